The van der Waals surface area contributed by atoms with Gasteiger partial charge in [-0.15, -0.1) is 0 Å². The van der Waals surface area contributed by atoms with Crippen molar-refractivity contribution in [3.63, 3.8) is 0 Å². The predicted molar refractivity (Wildman–Crippen MR) is 105 cm³/mol. The second kappa shape index (κ2) is 10.7. The Bertz CT molecular complexity index is 879. The zero-order valence-electron chi connectivity index (χ0n) is 16.5. The summed E-state index contributed by atoms with van der Waals surface area (Å²) in [7, 11) is 4.39. The fourth-order valence-corrected chi connectivity index (χ4v) is 2.53. The minimum absolute atomic E-state index is 0.0619. The molecule has 1 N–H and O–H groups in total. The van der Waals surface area contributed by atoms with Gasteiger partial charge in [-0.1, -0.05) is 12.1 Å². The molecule has 0 fully saturated rings. The highest BCUT2D eigenvalue weighted by Crippen LogP contribution is 2.24. The van der Waals surface area contributed by atoms with Crippen molar-refractivity contribution in [2.24, 2.45) is 0 Å². The van der Waals surface area contributed by atoms with E-state index < -0.39 is 18.4 Å². The van der Waals surface area contributed by atoms with Crippen LogP contribution in [0.2, 0.25) is 0 Å². The van der Waals surface area contributed by atoms with Crippen molar-refractivity contribution in [1.82, 2.24) is 5.32 Å². The normalized spacial score (nSPS) is 10.0. The molecule has 0 aromatic heterocycles. The topological polar surface area (TPSA) is 100 Å². The van der Waals surface area contributed by atoms with Gasteiger partial charge in [0.15, 0.2) is 6.61 Å². The average molecular weight is 401 g/mol. The maximum Gasteiger partial charge on any atom is 0.308 e. The summed E-state index contributed by atoms with van der Waals surface area (Å²) in [6.07, 6.45) is -0.0799. The minimum Gasteiger partial charge on any atom is -0.497 e. The molecular formula is C21H23NO7. The number of hydrogen-bond acceptors (Lipinski definition) is 7. The zero-order chi connectivity index (χ0) is 21.2. The van der Waals surface area contributed by atoms with Crippen LogP contribution in [0, 0.1) is 0 Å². The molecule has 2 aromatic carbocycles. The van der Waals surface area contributed by atoms with Crippen molar-refractivity contribution in [2.75, 3.05) is 34.5 Å². The molecule has 0 saturated carbocycles. The molecule has 0 bridgehead atoms. The number of ketones is 1. The molecular weight excluding hydrogens is 378 g/mol. The van der Waals surface area contributed by atoms with Crippen molar-refractivity contribution in [3.8, 4) is 17.2 Å². The Kier molecular flexibility index (Phi) is 8.02. The molecule has 0 unspecified atom stereocenters. The molecule has 8 heteroatoms. The van der Waals surface area contributed by atoms with Gasteiger partial charge in [0.2, 0.25) is 5.78 Å². The number of carbonyl (C=O) groups excluding carboxylic acids is 3. The Hall–Kier alpha value is -3.55. The molecule has 2 aromatic rings. The van der Waals surface area contributed by atoms with E-state index in [0.29, 0.717) is 22.8 Å². The smallest absolute Gasteiger partial charge is 0.308 e. The number of hydrogen-bond donors (Lipinski definition) is 1. The number of rotatable bonds is 10. The standard InChI is InChI=1S/C21H23NO7/c1-26-14-8-9-19(28-3)16(12-14)17(23)13-29-20(24)10-11-22-21(25)15-6-4-5-7-18(15)27-2/h4-9,12H,10-11,13H2,1-3H3,(H,22,25). The fourth-order valence-electron chi connectivity index (χ4n) is 2.53. The van der Waals surface area contributed by atoms with Crippen LogP contribution in [0.5, 0.6) is 17.2 Å². The largest absolute Gasteiger partial charge is 0.497 e. The van der Waals surface area contributed by atoms with E-state index in [1.165, 1.54) is 27.4 Å². The maximum atomic E-state index is 12.3. The van der Waals surface area contributed by atoms with Crippen LogP contribution in [0.3, 0.4) is 0 Å². The number of ether oxygens (including phenoxy) is 4. The van der Waals surface area contributed by atoms with Gasteiger partial charge >= 0.3 is 5.97 Å². The average Bonchev–Trinajstić information content (AvgIpc) is 2.76. The van der Waals surface area contributed by atoms with E-state index in [0.717, 1.165) is 0 Å². The third kappa shape index (κ3) is 5.97. The number of para-hydroxylation sites is 1. The highest BCUT2D eigenvalue weighted by molar-refractivity contribution is 6.01. The number of esters is 1. The zero-order valence-corrected chi connectivity index (χ0v) is 16.5. The summed E-state index contributed by atoms with van der Waals surface area (Å²) in [4.78, 5) is 36.4. The Morgan fingerprint density at radius 2 is 1.55 bits per heavy atom. The SMILES string of the molecule is COc1ccc(OC)c(C(=O)COC(=O)CCNC(=O)c2ccccc2OC)c1. The summed E-state index contributed by atoms with van der Waals surface area (Å²) in [6, 6.07) is 11.5. The Balaban J connectivity index is 1.83. The van der Waals surface area contributed by atoms with Gasteiger partial charge in [0.1, 0.15) is 17.2 Å². The first-order chi connectivity index (χ1) is 14.0. The van der Waals surface area contributed by atoms with Gasteiger partial charge in [0, 0.05) is 6.54 Å². The van der Waals surface area contributed by atoms with Crippen molar-refractivity contribution < 1.29 is 33.3 Å². The summed E-state index contributed by atoms with van der Waals surface area (Å²) >= 11 is 0. The van der Waals surface area contributed by atoms with Gasteiger partial charge < -0.3 is 24.3 Å². The summed E-state index contributed by atoms with van der Waals surface area (Å²) in [5, 5.41) is 2.62. The van der Waals surface area contributed by atoms with Crippen molar-refractivity contribution in [1.29, 1.82) is 0 Å². The van der Waals surface area contributed by atoms with E-state index in [4.69, 9.17) is 18.9 Å². The lowest BCUT2D eigenvalue weighted by Gasteiger charge is -2.11. The van der Waals surface area contributed by atoms with Gasteiger partial charge in [-0.2, -0.15) is 0 Å². The van der Waals surface area contributed by atoms with Crippen LogP contribution in [0.25, 0.3) is 0 Å². The minimum atomic E-state index is -0.611. The highest BCUT2D eigenvalue weighted by atomic mass is 16.5. The van der Waals surface area contributed by atoms with Crippen LogP contribution >= 0.6 is 0 Å². The number of carbonyl (C=O) groups is 3. The van der Waals surface area contributed by atoms with E-state index in [-0.39, 0.29) is 24.4 Å². The molecule has 0 aliphatic carbocycles. The lowest BCUT2D eigenvalue weighted by Crippen LogP contribution is -2.27. The molecule has 0 heterocycles. The van der Waals surface area contributed by atoms with Crippen LogP contribution in [0.1, 0.15) is 27.1 Å². The quantitative estimate of drug-likeness (QED) is 0.481. The molecule has 0 spiro atoms. The summed E-state index contributed by atoms with van der Waals surface area (Å²) in [5.74, 6) is -0.124. The Morgan fingerprint density at radius 3 is 2.24 bits per heavy atom. The van der Waals surface area contributed by atoms with E-state index in [1.54, 1.807) is 36.4 Å². The van der Waals surface area contributed by atoms with Gasteiger partial charge in [-0.05, 0) is 30.3 Å². The molecule has 154 valence electrons. The number of Topliss-reactive ketones (excluding diaryl/α,β-unsaturated/α-hetero) is 1. The third-order valence-electron chi connectivity index (χ3n) is 4.04. The molecule has 1 amide bonds. The van der Waals surface area contributed by atoms with Crippen LogP contribution < -0.4 is 19.5 Å². The monoisotopic (exact) mass is 401 g/mol. The first-order valence-electron chi connectivity index (χ1n) is 8.82. The van der Waals surface area contributed by atoms with Gasteiger partial charge in [-0.25, -0.2) is 0 Å². The van der Waals surface area contributed by atoms with Gasteiger partial charge in [0.25, 0.3) is 5.91 Å². The van der Waals surface area contributed by atoms with E-state index >= 15 is 0 Å². The van der Waals surface area contributed by atoms with E-state index in [2.05, 4.69) is 5.32 Å². The molecule has 0 radical (unpaired) electrons. The lowest BCUT2D eigenvalue weighted by atomic mass is 10.1. The predicted octanol–water partition coefficient (Wildman–Crippen LogP) is 2.26. The first-order valence-corrected chi connectivity index (χ1v) is 8.82. The Labute approximate surface area is 168 Å². The second-order valence-corrected chi connectivity index (χ2v) is 5.86. The summed E-state index contributed by atoms with van der Waals surface area (Å²) < 4.78 is 20.4. The molecule has 0 aliphatic rings. The third-order valence-corrected chi connectivity index (χ3v) is 4.04. The number of methoxy groups -OCH3 is 3. The van der Waals surface area contributed by atoms with Crippen molar-refractivity contribution in [3.05, 3.63) is 53.6 Å². The van der Waals surface area contributed by atoms with Crippen LogP contribution in [-0.2, 0) is 9.53 Å². The van der Waals surface area contributed by atoms with Crippen LogP contribution in [0.4, 0.5) is 0 Å². The highest BCUT2D eigenvalue weighted by Gasteiger charge is 2.16. The van der Waals surface area contributed by atoms with E-state index in [9.17, 15) is 14.4 Å². The molecule has 8 nitrogen and oxygen atoms in total. The van der Waals surface area contributed by atoms with E-state index in [1.807, 2.05) is 0 Å². The van der Waals surface area contributed by atoms with Gasteiger partial charge in [0.05, 0.1) is 38.9 Å². The lowest BCUT2D eigenvalue weighted by molar-refractivity contribution is -0.142. The molecule has 29 heavy (non-hydrogen) atoms. The summed E-state index contributed by atoms with van der Waals surface area (Å²) in [5.41, 5.74) is 0.618. The molecule has 0 atom stereocenters. The number of benzene rings is 2. The fraction of sp³-hybridized carbons (Fsp3) is 0.286. The Morgan fingerprint density at radius 1 is 0.862 bits per heavy atom. The van der Waals surface area contributed by atoms with Crippen molar-refractivity contribution >= 4 is 17.7 Å². The summed E-state index contributed by atoms with van der Waals surface area (Å²) in [6.45, 7) is -0.380. The number of amides is 1. The maximum absolute atomic E-state index is 12.3. The van der Waals surface area contributed by atoms with Crippen LogP contribution in [-0.4, -0.2) is 52.1 Å². The van der Waals surface area contributed by atoms with Gasteiger partial charge in [-0.3, -0.25) is 14.4 Å². The molecule has 0 saturated heterocycles. The molecule has 2 rings (SSSR count). The number of nitrogens with one attached hydrogen (secondary N) is 1. The first kappa shape index (κ1) is 21.7. The van der Waals surface area contributed by atoms with Crippen molar-refractivity contribution in [2.45, 2.75) is 6.42 Å². The van der Waals surface area contributed by atoms with Crippen LogP contribution in [0.15, 0.2) is 42.5 Å². The molecule has 0 aliphatic heterocycles. The second-order valence-electron chi connectivity index (χ2n) is 5.86.